The van der Waals surface area contributed by atoms with Gasteiger partial charge in [0.05, 0.1) is 6.26 Å². The Balaban J connectivity index is 2.36. The summed E-state index contributed by atoms with van der Waals surface area (Å²) in [5.41, 5.74) is 0. The average molecular weight is 239 g/mol. The van der Waals surface area contributed by atoms with Gasteiger partial charge in [0, 0.05) is 26.2 Å². The van der Waals surface area contributed by atoms with Crippen LogP contribution in [0.4, 0.5) is 0 Å². The van der Waals surface area contributed by atoms with Crippen LogP contribution in [-0.2, 0) is 11.2 Å². The van der Waals surface area contributed by atoms with Crippen LogP contribution in [0.5, 0.6) is 0 Å². The molecule has 2 unspecified atom stereocenters. The van der Waals surface area contributed by atoms with Crippen molar-refractivity contribution in [3.8, 4) is 0 Å². The van der Waals surface area contributed by atoms with Crippen molar-refractivity contribution in [3.05, 3.63) is 24.2 Å². The van der Waals surface area contributed by atoms with Gasteiger partial charge < -0.3 is 14.5 Å². The van der Waals surface area contributed by atoms with Crippen LogP contribution in [0.2, 0.25) is 0 Å². The number of aryl methyl sites for hydroxylation is 1. The molecule has 3 heteroatoms. The minimum Gasteiger partial charge on any atom is -0.469 e. The summed E-state index contributed by atoms with van der Waals surface area (Å²) in [5, 5.41) is 3.56. The minimum absolute atomic E-state index is 0.542. The van der Waals surface area contributed by atoms with Crippen molar-refractivity contribution < 1.29 is 9.15 Å². The fourth-order valence-corrected chi connectivity index (χ4v) is 2.11. The lowest BCUT2D eigenvalue weighted by Gasteiger charge is -2.24. The van der Waals surface area contributed by atoms with Crippen LogP contribution in [0.25, 0.3) is 0 Å². The van der Waals surface area contributed by atoms with E-state index in [0.29, 0.717) is 12.0 Å². The zero-order valence-corrected chi connectivity index (χ0v) is 11.2. The summed E-state index contributed by atoms with van der Waals surface area (Å²) in [4.78, 5) is 0. The first-order valence-electron chi connectivity index (χ1n) is 6.52. The molecule has 0 saturated carbocycles. The van der Waals surface area contributed by atoms with E-state index in [1.165, 1.54) is 0 Å². The van der Waals surface area contributed by atoms with Gasteiger partial charge in [0.15, 0.2) is 0 Å². The maximum absolute atomic E-state index is 5.37. The lowest BCUT2D eigenvalue weighted by Crippen LogP contribution is -2.35. The highest BCUT2D eigenvalue weighted by Gasteiger charge is 2.16. The van der Waals surface area contributed by atoms with Crippen LogP contribution in [0.15, 0.2) is 22.8 Å². The predicted molar refractivity (Wildman–Crippen MR) is 70.2 cm³/mol. The Hall–Kier alpha value is -0.800. The van der Waals surface area contributed by atoms with E-state index in [1.54, 1.807) is 13.4 Å². The highest BCUT2D eigenvalue weighted by molar-refractivity contribution is 4.98. The van der Waals surface area contributed by atoms with Crippen molar-refractivity contribution >= 4 is 0 Å². The molecule has 0 aliphatic heterocycles. The van der Waals surface area contributed by atoms with Gasteiger partial charge in [-0.3, -0.25) is 0 Å². The highest BCUT2D eigenvalue weighted by atomic mass is 16.5. The molecule has 1 aromatic heterocycles. The first kappa shape index (κ1) is 14.3. The van der Waals surface area contributed by atoms with Crippen molar-refractivity contribution in [1.29, 1.82) is 0 Å². The summed E-state index contributed by atoms with van der Waals surface area (Å²) < 4.78 is 10.5. The van der Waals surface area contributed by atoms with Crippen molar-refractivity contribution in [2.24, 2.45) is 5.92 Å². The Morgan fingerprint density at radius 3 is 2.82 bits per heavy atom. The van der Waals surface area contributed by atoms with E-state index in [0.717, 1.165) is 38.2 Å². The molecular weight excluding hydrogens is 214 g/mol. The smallest absolute Gasteiger partial charge is 0.103 e. The Labute approximate surface area is 105 Å². The van der Waals surface area contributed by atoms with Crippen LogP contribution in [0.1, 0.15) is 32.4 Å². The van der Waals surface area contributed by atoms with E-state index in [2.05, 4.69) is 19.2 Å². The molecule has 17 heavy (non-hydrogen) atoms. The standard InChI is InChI=1S/C14H25NO2/c1-4-15-14(12(2)9-11-16-3)8-7-13-6-5-10-17-13/h5-6,10,12,14-15H,4,7-9,11H2,1-3H3. The van der Waals surface area contributed by atoms with Crippen LogP contribution in [0.3, 0.4) is 0 Å². The number of hydrogen-bond acceptors (Lipinski definition) is 3. The number of ether oxygens (including phenoxy) is 1. The fourth-order valence-electron chi connectivity index (χ4n) is 2.11. The van der Waals surface area contributed by atoms with E-state index in [9.17, 15) is 0 Å². The maximum atomic E-state index is 5.37. The molecule has 1 rings (SSSR count). The lowest BCUT2D eigenvalue weighted by molar-refractivity contribution is 0.168. The third-order valence-electron chi connectivity index (χ3n) is 3.21. The number of nitrogens with one attached hydrogen (secondary N) is 1. The van der Waals surface area contributed by atoms with Crippen LogP contribution in [-0.4, -0.2) is 26.3 Å². The van der Waals surface area contributed by atoms with Crippen LogP contribution < -0.4 is 5.32 Å². The summed E-state index contributed by atoms with van der Waals surface area (Å²) in [7, 11) is 1.76. The van der Waals surface area contributed by atoms with E-state index < -0.39 is 0 Å². The van der Waals surface area contributed by atoms with E-state index in [4.69, 9.17) is 9.15 Å². The quantitative estimate of drug-likeness (QED) is 0.719. The monoisotopic (exact) mass is 239 g/mol. The van der Waals surface area contributed by atoms with Gasteiger partial charge in [-0.25, -0.2) is 0 Å². The maximum Gasteiger partial charge on any atom is 0.103 e. The van der Waals surface area contributed by atoms with Gasteiger partial charge in [-0.2, -0.15) is 0 Å². The van der Waals surface area contributed by atoms with E-state index >= 15 is 0 Å². The van der Waals surface area contributed by atoms with Gasteiger partial charge >= 0.3 is 0 Å². The molecule has 98 valence electrons. The second kappa shape index (κ2) is 8.31. The Morgan fingerprint density at radius 2 is 2.24 bits per heavy atom. The van der Waals surface area contributed by atoms with Gasteiger partial charge in [0.1, 0.15) is 5.76 Å². The molecule has 3 nitrogen and oxygen atoms in total. The average Bonchev–Trinajstić information content (AvgIpc) is 2.84. The fraction of sp³-hybridized carbons (Fsp3) is 0.714. The molecule has 0 saturated heterocycles. The molecule has 0 aliphatic rings. The van der Waals surface area contributed by atoms with E-state index in [-0.39, 0.29) is 0 Å². The van der Waals surface area contributed by atoms with Gasteiger partial charge in [0.2, 0.25) is 0 Å². The third-order valence-corrected chi connectivity index (χ3v) is 3.21. The number of furan rings is 1. The van der Waals surface area contributed by atoms with E-state index in [1.807, 2.05) is 12.1 Å². The third kappa shape index (κ3) is 5.37. The number of methoxy groups -OCH3 is 1. The minimum atomic E-state index is 0.542. The zero-order chi connectivity index (χ0) is 12.5. The van der Waals surface area contributed by atoms with Crippen LogP contribution in [0, 0.1) is 5.92 Å². The summed E-state index contributed by atoms with van der Waals surface area (Å²) in [5.74, 6) is 1.71. The van der Waals surface area contributed by atoms with Crippen molar-refractivity contribution in [3.63, 3.8) is 0 Å². The molecule has 2 atom stereocenters. The normalized spacial score (nSPS) is 14.8. The van der Waals surface area contributed by atoms with Crippen LogP contribution >= 0.6 is 0 Å². The van der Waals surface area contributed by atoms with Crippen molar-refractivity contribution in [1.82, 2.24) is 5.32 Å². The molecule has 1 heterocycles. The topological polar surface area (TPSA) is 34.4 Å². The Morgan fingerprint density at radius 1 is 1.41 bits per heavy atom. The van der Waals surface area contributed by atoms with Gasteiger partial charge in [-0.1, -0.05) is 13.8 Å². The molecule has 0 amide bonds. The first-order chi connectivity index (χ1) is 8.27. The molecule has 0 spiro atoms. The van der Waals surface area contributed by atoms with Crippen molar-refractivity contribution in [2.45, 2.75) is 39.2 Å². The second-order valence-electron chi connectivity index (χ2n) is 4.54. The summed E-state index contributed by atoms with van der Waals surface area (Å²) >= 11 is 0. The van der Waals surface area contributed by atoms with Gasteiger partial charge in [-0.05, 0) is 37.4 Å². The lowest BCUT2D eigenvalue weighted by atomic mass is 9.94. The number of hydrogen-bond donors (Lipinski definition) is 1. The summed E-state index contributed by atoms with van der Waals surface area (Å²) in [6.45, 7) is 6.29. The molecule has 1 N–H and O–H groups in total. The zero-order valence-electron chi connectivity index (χ0n) is 11.2. The Kier molecular flexibility index (Phi) is 6.97. The largest absolute Gasteiger partial charge is 0.469 e. The highest BCUT2D eigenvalue weighted by Crippen LogP contribution is 2.15. The molecule has 0 bridgehead atoms. The summed E-state index contributed by atoms with van der Waals surface area (Å²) in [6, 6.07) is 4.54. The summed E-state index contributed by atoms with van der Waals surface area (Å²) in [6.07, 6.45) is 4.96. The first-order valence-corrected chi connectivity index (χ1v) is 6.52. The molecule has 1 aromatic rings. The van der Waals surface area contributed by atoms with Gasteiger partial charge in [0.25, 0.3) is 0 Å². The SMILES string of the molecule is CCNC(CCc1ccco1)C(C)CCOC. The van der Waals surface area contributed by atoms with Crippen molar-refractivity contribution in [2.75, 3.05) is 20.3 Å². The predicted octanol–water partition coefficient (Wildman–Crippen LogP) is 2.86. The molecule has 0 radical (unpaired) electrons. The molecule has 0 fully saturated rings. The Bertz CT molecular complexity index is 272. The second-order valence-corrected chi connectivity index (χ2v) is 4.54. The molecular formula is C14H25NO2. The molecule has 0 aromatic carbocycles. The van der Waals surface area contributed by atoms with Gasteiger partial charge in [-0.15, -0.1) is 0 Å². The molecule has 0 aliphatic carbocycles. The number of rotatable bonds is 9.